The Morgan fingerprint density at radius 2 is 2.08 bits per heavy atom. The first-order chi connectivity index (χ1) is 6.40. The maximum absolute atomic E-state index is 5.21. The predicted molar refractivity (Wildman–Crippen MR) is 53.7 cm³/mol. The van der Waals surface area contributed by atoms with Crippen LogP contribution in [0.15, 0.2) is 48.2 Å². The Kier molecular flexibility index (Phi) is 1.96. The molecular formula is C11H9NO. The lowest BCUT2D eigenvalue weighted by Gasteiger charge is -1.99. The molecule has 0 N–H and O–H groups in total. The number of allylic oxidation sites excluding steroid dienone is 2. The first-order valence-corrected chi connectivity index (χ1v) is 4.05. The van der Waals surface area contributed by atoms with Gasteiger partial charge in [-0.2, -0.15) is 0 Å². The molecule has 0 spiro atoms. The average molecular weight is 171 g/mol. The van der Waals surface area contributed by atoms with Crippen molar-refractivity contribution in [2.75, 3.05) is 0 Å². The molecule has 64 valence electrons. The SMILES string of the molecule is C=CC1=NOc2ccccc2C=C1. The van der Waals surface area contributed by atoms with Crippen LogP contribution >= 0.6 is 0 Å². The van der Waals surface area contributed by atoms with Gasteiger partial charge in [-0.15, -0.1) is 0 Å². The van der Waals surface area contributed by atoms with Crippen molar-refractivity contribution in [2.24, 2.45) is 5.16 Å². The minimum absolute atomic E-state index is 0.733. The monoisotopic (exact) mass is 171 g/mol. The van der Waals surface area contributed by atoms with Crippen LogP contribution < -0.4 is 4.84 Å². The molecular weight excluding hydrogens is 162 g/mol. The minimum Gasteiger partial charge on any atom is -0.356 e. The van der Waals surface area contributed by atoms with E-state index in [1.807, 2.05) is 36.4 Å². The third kappa shape index (κ3) is 1.51. The quantitative estimate of drug-likeness (QED) is 0.636. The molecule has 1 heterocycles. The van der Waals surface area contributed by atoms with Gasteiger partial charge in [0.1, 0.15) is 5.71 Å². The summed E-state index contributed by atoms with van der Waals surface area (Å²) in [7, 11) is 0. The van der Waals surface area contributed by atoms with Crippen molar-refractivity contribution in [3.8, 4) is 5.75 Å². The van der Waals surface area contributed by atoms with Gasteiger partial charge in [0.2, 0.25) is 0 Å². The Morgan fingerprint density at radius 3 is 2.92 bits per heavy atom. The van der Waals surface area contributed by atoms with E-state index < -0.39 is 0 Å². The van der Waals surface area contributed by atoms with Gasteiger partial charge in [0.15, 0.2) is 5.75 Å². The molecule has 0 saturated heterocycles. The van der Waals surface area contributed by atoms with Crippen LogP contribution in [0.4, 0.5) is 0 Å². The summed E-state index contributed by atoms with van der Waals surface area (Å²) < 4.78 is 0. The summed E-state index contributed by atoms with van der Waals surface area (Å²) in [5.41, 5.74) is 1.76. The molecule has 0 saturated carbocycles. The van der Waals surface area contributed by atoms with Crippen molar-refractivity contribution in [1.29, 1.82) is 0 Å². The van der Waals surface area contributed by atoms with Crippen molar-refractivity contribution >= 4 is 11.8 Å². The Bertz CT molecular complexity index is 391. The normalized spacial score (nSPS) is 13.7. The molecule has 1 aliphatic heterocycles. The first-order valence-electron chi connectivity index (χ1n) is 4.05. The third-order valence-electron chi connectivity index (χ3n) is 1.81. The Balaban J connectivity index is 2.44. The molecule has 1 aliphatic rings. The summed E-state index contributed by atoms with van der Waals surface area (Å²) in [6.07, 6.45) is 5.49. The third-order valence-corrected chi connectivity index (χ3v) is 1.81. The van der Waals surface area contributed by atoms with E-state index in [9.17, 15) is 0 Å². The topological polar surface area (TPSA) is 21.6 Å². The lowest BCUT2D eigenvalue weighted by atomic mass is 10.2. The molecule has 2 rings (SSSR count). The second-order valence-electron chi connectivity index (χ2n) is 2.68. The van der Waals surface area contributed by atoms with Gasteiger partial charge in [-0.25, -0.2) is 0 Å². The highest BCUT2D eigenvalue weighted by Gasteiger charge is 2.03. The largest absolute Gasteiger partial charge is 0.356 e. The molecule has 1 aromatic rings. The van der Waals surface area contributed by atoms with Crippen molar-refractivity contribution in [1.82, 2.24) is 0 Å². The number of fused-ring (bicyclic) bond motifs is 1. The Hall–Kier alpha value is -1.83. The van der Waals surface area contributed by atoms with E-state index in [-0.39, 0.29) is 0 Å². The van der Waals surface area contributed by atoms with Crippen LogP contribution in [0.1, 0.15) is 5.56 Å². The highest BCUT2D eigenvalue weighted by Crippen LogP contribution is 2.21. The minimum atomic E-state index is 0.733. The summed E-state index contributed by atoms with van der Waals surface area (Å²) >= 11 is 0. The zero-order valence-electron chi connectivity index (χ0n) is 7.10. The molecule has 2 nitrogen and oxygen atoms in total. The summed E-state index contributed by atoms with van der Waals surface area (Å²) in [4.78, 5) is 5.21. The van der Waals surface area contributed by atoms with Crippen molar-refractivity contribution in [3.63, 3.8) is 0 Å². The smallest absolute Gasteiger partial charge is 0.165 e. The van der Waals surface area contributed by atoms with Gasteiger partial charge in [-0.1, -0.05) is 29.9 Å². The molecule has 0 bridgehead atoms. The van der Waals surface area contributed by atoms with Gasteiger partial charge in [0.05, 0.1) is 0 Å². The van der Waals surface area contributed by atoms with Crippen molar-refractivity contribution in [2.45, 2.75) is 0 Å². The zero-order chi connectivity index (χ0) is 9.10. The lowest BCUT2D eigenvalue weighted by Crippen LogP contribution is -1.89. The lowest BCUT2D eigenvalue weighted by molar-refractivity contribution is 0.342. The van der Waals surface area contributed by atoms with Crippen LogP contribution in [0.3, 0.4) is 0 Å². The van der Waals surface area contributed by atoms with Crippen LogP contribution in [0.25, 0.3) is 6.08 Å². The van der Waals surface area contributed by atoms with E-state index in [1.54, 1.807) is 6.08 Å². The number of nitrogens with zero attached hydrogens (tertiary/aromatic N) is 1. The molecule has 0 atom stereocenters. The molecule has 13 heavy (non-hydrogen) atoms. The fourth-order valence-corrected chi connectivity index (χ4v) is 1.11. The average Bonchev–Trinajstić information content (AvgIpc) is 2.39. The van der Waals surface area contributed by atoms with Crippen LogP contribution in [0, 0.1) is 0 Å². The molecule has 2 heteroatoms. The van der Waals surface area contributed by atoms with Gasteiger partial charge in [-0.05, 0) is 24.3 Å². The maximum atomic E-state index is 5.21. The number of hydrogen-bond acceptors (Lipinski definition) is 2. The zero-order valence-corrected chi connectivity index (χ0v) is 7.10. The Morgan fingerprint density at radius 1 is 1.23 bits per heavy atom. The molecule has 0 aliphatic carbocycles. The second-order valence-corrected chi connectivity index (χ2v) is 2.68. The van der Waals surface area contributed by atoms with Gasteiger partial charge in [0.25, 0.3) is 0 Å². The fraction of sp³-hybridized carbons (Fsp3) is 0. The van der Waals surface area contributed by atoms with Gasteiger partial charge in [0, 0.05) is 5.56 Å². The van der Waals surface area contributed by atoms with Crippen molar-refractivity contribution < 1.29 is 4.84 Å². The number of hydrogen-bond donors (Lipinski definition) is 0. The standard InChI is InChI=1S/C11H9NO/c1-2-10-8-7-9-5-3-4-6-11(9)13-12-10/h2-8H,1H2. The fourth-order valence-electron chi connectivity index (χ4n) is 1.11. The second kappa shape index (κ2) is 3.27. The van der Waals surface area contributed by atoms with E-state index in [2.05, 4.69) is 11.7 Å². The maximum Gasteiger partial charge on any atom is 0.165 e. The molecule has 0 amide bonds. The highest BCUT2D eigenvalue weighted by atomic mass is 16.6. The number of para-hydroxylation sites is 1. The molecule has 1 aromatic carbocycles. The van der Waals surface area contributed by atoms with E-state index in [1.165, 1.54) is 0 Å². The van der Waals surface area contributed by atoms with E-state index in [4.69, 9.17) is 4.84 Å². The summed E-state index contributed by atoms with van der Waals surface area (Å²) in [5.74, 6) is 0.774. The van der Waals surface area contributed by atoms with Gasteiger partial charge >= 0.3 is 0 Å². The van der Waals surface area contributed by atoms with Crippen LogP contribution in [-0.4, -0.2) is 5.71 Å². The predicted octanol–water partition coefficient (Wildman–Crippen LogP) is 2.63. The van der Waals surface area contributed by atoms with Crippen molar-refractivity contribution in [3.05, 3.63) is 48.6 Å². The van der Waals surface area contributed by atoms with E-state index in [0.29, 0.717) is 0 Å². The highest BCUT2D eigenvalue weighted by molar-refractivity contribution is 6.06. The Labute approximate surface area is 76.8 Å². The van der Waals surface area contributed by atoms with Crippen LogP contribution in [-0.2, 0) is 0 Å². The number of rotatable bonds is 1. The van der Waals surface area contributed by atoms with Gasteiger partial charge in [-0.3, -0.25) is 0 Å². The van der Waals surface area contributed by atoms with E-state index in [0.717, 1.165) is 17.0 Å². The van der Waals surface area contributed by atoms with E-state index >= 15 is 0 Å². The first kappa shape index (κ1) is 7.80. The number of oxime groups is 1. The number of benzene rings is 1. The van der Waals surface area contributed by atoms with Crippen LogP contribution in [0.2, 0.25) is 0 Å². The molecule has 0 radical (unpaired) electrons. The van der Waals surface area contributed by atoms with Gasteiger partial charge < -0.3 is 4.84 Å². The summed E-state index contributed by atoms with van der Waals surface area (Å²) in [5, 5.41) is 3.89. The summed E-state index contributed by atoms with van der Waals surface area (Å²) in [6.45, 7) is 3.63. The molecule has 0 aromatic heterocycles. The molecule has 0 fully saturated rings. The molecule has 0 unspecified atom stereocenters. The summed E-state index contributed by atoms with van der Waals surface area (Å²) in [6, 6.07) is 7.75. The van der Waals surface area contributed by atoms with Crippen LogP contribution in [0.5, 0.6) is 5.75 Å².